The van der Waals surface area contributed by atoms with Crippen LogP contribution in [-0.4, -0.2) is 16.2 Å². The summed E-state index contributed by atoms with van der Waals surface area (Å²) in [5.41, 5.74) is 18.3. The fourth-order valence-corrected chi connectivity index (χ4v) is 9.30. The Morgan fingerprint density at radius 3 is 1.87 bits per heavy atom. The summed E-state index contributed by atoms with van der Waals surface area (Å²) in [6.45, 7) is 4.34. The molecule has 1 unspecified atom stereocenters. The zero-order chi connectivity index (χ0) is 40.6. The van der Waals surface area contributed by atoms with Gasteiger partial charge >= 0.3 is 0 Å². The molecule has 0 radical (unpaired) electrons. The van der Waals surface area contributed by atoms with E-state index in [4.69, 9.17) is 0 Å². The lowest BCUT2D eigenvalue weighted by Crippen LogP contribution is -2.09. The Hall–Kier alpha value is -7.36. The summed E-state index contributed by atoms with van der Waals surface area (Å²) in [4.78, 5) is 0. The van der Waals surface area contributed by atoms with Crippen molar-refractivity contribution in [2.24, 2.45) is 0 Å². The van der Waals surface area contributed by atoms with E-state index in [1.165, 1.54) is 82.9 Å². The SMILES string of the molecule is C/C=C\c1c(C)c2ccc(-c3ccc4c(c3)c3ccccc3n4-c3ccc(NC)c(C(Cc4ccccc4)c4ccccc4)c3)cc2n1-c1ccc(-c2ccccc2)cc1. The monoisotopic (exact) mass is 773 g/mol. The van der Waals surface area contributed by atoms with Crippen LogP contribution in [0.3, 0.4) is 0 Å². The Kier molecular flexibility index (Phi) is 9.71. The highest BCUT2D eigenvalue weighted by Crippen LogP contribution is 2.40. The minimum Gasteiger partial charge on any atom is -0.388 e. The van der Waals surface area contributed by atoms with Crippen molar-refractivity contribution in [3.63, 3.8) is 0 Å². The molecule has 60 heavy (non-hydrogen) atoms. The molecular weight excluding hydrogens is 727 g/mol. The van der Waals surface area contributed by atoms with Gasteiger partial charge in [0.25, 0.3) is 0 Å². The number of allylic oxidation sites excluding steroid dienone is 1. The van der Waals surface area contributed by atoms with Crippen LogP contribution in [0.1, 0.15) is 40.8 Å². The van der Waals surface area contributed by atoms with Gasteiger partial charge in [0.05, 0.1) is 16.6 Å². The lowest BCUT2D eigenvalue weighted by atomic mass is 9.84. The number of fused-ring (bicyclic) bond motifs is 4. The average molecular weight is 774 g/mol. The van der Waals surface area contributed by atoms with Gasteiger partial charge < -0.3 is 14.5 Å². The average Bonchev–Trinajstić information content (AvgIpc) is 3.79. The summed E-state index contributed by atoms with van der Waals surface area (Å²) in [5.74, 6) is 0.170. The molecule has 290 valence electrons. The molecule has 8 aromatic carbocycles. The summed E-state index contributed by atoms with van der Waals surface area (Å²) in [7, 11) is 2.03. The van der Waals surface area contributed by atoms with E-state index in [2.05, 4.69) is 235 Å². The van der Waals surface area contributed by atoms with Gasteiger partial charge in [-0.15, -0.1) is 0 Å². The van der Waals surface area contributed by atoms with E-state index < -0.39 is 0 Å². The van der Waals surface area contributed by atoms with Crippen LogP contribution in [0, 0.1) is 6.92 Å². The summed E-state index contributed by atoms with van der Waals surface area (Å²) >= 11 is 0. The number of aromatic nitrogens is 2. The van der Waals surface area contributed by atoms with Crippen LogP contribution in [0.15, 0.2) is 200 Å². The molecular formula is C57H47N3. The molecule has 0 aliphatic rings. The van der Waals surface area contributed by atoms with Crippen molar-refractivity contribution in [2.45, 2.75) is 26.2 Å². The van der Waals surface area contributed by atoms with Crippen molar-refractivity contribution in [3.8, 4) is 33.6 Å². The van der Waals surface area contributed by atoms with Gasteiger partial charge in [0.15, 0.2) is 0 Å². The number of nitrogens with zero attached hydrogens (tertiary/aromatic N) is 2. The highest BCUT2D eigenvalue weighted by atomic mass is 15.0. The van der Waals surface area contributed by atoms with E-state index in [1.54, 1.807) is 0 Å². The van der Waals surface area contributed by atoms with Crippen LogP contribution in [0.2, 0.25) is 0 Å². The van der Waals surface area contributed by atoms with Crippen LogP contribution in [-0.2, 0) is 6.42 Å². The number of anilines is 1. The summed E-state index contributed by atoms with van der Waals surface area (Å²) in [6.07, 6.45) is 5.28. The molecule has 3 heteroatoms. The minimum absolute atomic E-state index is 0.170. The maximum absolute atomic E-state index is 3.54. The third-order valence-electron chi connectivity index (χ3n) is 12.3. The Morgan fingerprint density at radius 2 is 1.12 bits per heavy atom. The summed E-state index contributed by atoms with van der Waals surface area (Å²) in [5, 5.41) is 7.28. The molecule has 1 N–H and O–H groups in total. The van der Waals surface area contributed by atoms with E-state index in [0.29, 0.717) is 0 Å². The molecule has 0 spiro atoms. The first-order valence-electron chi connectivity index (χ1n) is 21.0. The zero-order valence-electron chi connectivity index (χ0n) is 34.3. The first-order chi connectivity index (χ1) is 29.6. The van der Waals surface area contributed by atoms with Gasteiger partial charge in [-0.3, -0.25) is 0 Å². The first kappa shape index (κ1) is 36.9. The molecule has 0 amide bonds. The second-order valence-corrected chi connectivity index (χ2v) is 15.7. The van der Waals surface area contributed by atoms with Gasteiger partial charge in [0, 0.05) is 51.9 Å². The molecule has 0 saturated carbocycles. The normalized spacial score (nSPS) is 12.2. The summed E-state index contributed by atoms with van der Waals surface area (Å²) in [6, 6.07) is 71.1. The maximum Gasteiger partial charge on any atom is 0.0543 e. The van der Waals surface area contributed by atoms with Crippen molar-refractivity contribution in [2.75, 3.05) is 12.4 Å². The lowest BCUT2D eigenvalue weighted by Gasteiger charge is -2.23. The Balaban J connectivity index is 1.10. The van der Waals surface area contributed by atoms with Gasteiger partial charge in [-0.1, -0.05) is 146 Å². The Morgan fingerprint density at radius 1 is 0.500 bits per heavy atom. The molecule has 10 aromatic rings. The van der Waals surface area contributed by atoms with Gasteiger partial charge in [0.2, 0.25) is 0 Å². The largest absolute Gasteiger partial charge is 0.388 e. The van der Waals surface area contributed by atoms with E-state index in [-0.39, 0.29) is 5.92 Å². The van der Waals surface area contributed by atoms with E-state index in [1.807, 2.05) is 7.05 Å². The van der Waals surface area contributed by atoms with Crippen LogP contribution in [0.5, 0.6) is 0 Å². The molecule has 0 aliphatic heterocycles. The minimum atomic E-state index is 0.170. The summed E-state index contributed by atoms with van der Waals surface area (Å²) < 4.78 is 4.86. The number of para-hydroxylation sites is 1. The second-order valence-electron chi connectivity index (χ2n) is 15.7. The third-order valence-corrected chi connectivity index (χ3v) is 12.3. The van der Waals surface area contributed by atoms with Crippen molar-refractivity contribution in [1.29, 1.82) is 0 Å². The van der Waals surface area contributed by atoms with Crippen LogP contribution in [0.25, 0.3) is 72.4 Å². The highest BCUT2D eigenvalue weighted by molar-refractivity contribution is 6.10. The Labute approximate surface area is 352 Å². The van der Waals surface area contributed by atoms with Crippen LogP contribution < -0.4 is 5.32 Å². The van der Waals surface area contributed by atoms with Gasteiger partial charge in [-0.25, -0.2) is 0 Å². The van der Waals surface area contributed by atoms with Crippen molar-refractivity contribution in [1.82, 2.24) is 9.13 Å². The standard InChI is InChI=1S/C57H47N3/c1-4-16-54-39(2)48-32-27-45(37-57(48)59(54)46-29-25-42(26-30-46)41-19-10-6-11-20-41)44-28-34-56-52(36-44)49-23-14-15-24-55(49)60(56)47-31-33-53(58-3)51(38-47)50(43-21-12-7-13-22-43)35-40-17-8-5-9-18-40/h4-34,36-38,50,58H,35H2,1-3H3/b16-4-. The maximum atomic E-state index is 3.54. The number of rotatable bonds is 10. The van der Waals surface area contributed by atoms with Crippen molar-refractivity contribution >= 4 is 44.5 Å². The zero-order valence-corrected chi connectivity index (χ0v) is 34.3. The fourth-order valence-electron chi connectivity index (χ4n) is 9.30. The van der Waals surface area contributed by atoms with Crippen molar-refractivity contribution < 1.29 is 0 Å². The highest BCUT2D eigenvalue weighted by Gasteiger charge is 2.22. The topological polar surface area (TPSA) is 21.9 Å². The number of hydrogen-bond acceptors (Lipinski definition) is 1. The molecule has 0 fully saturated rings. The molecule has 1 atom stereocenters. The predicted octanol–water partition coefficient (Wildman–Crippen LogP) is 14.8. The number of nitrogens with one attached hydrogen (secondary N) is 1. The van der Waals surface area contributed by atoms with Crippen molar-refractivity contribution in [3.05, 3.63) is 228 Å². The molecule has 0 bridgehead atoms. The predicted molar refractivity (Wildman–Crippen MR) is 256 cm³/mol. The van der Waals surface area contributed by atoms with Crippen LogP contribution >= 0.6 is 0 Å². The molecule has 0 aliphatic carbocycles. The van der Waals surface area contributed by atoms with Gasteiger partial charge in [-0.05, 0) is 125 Å². The molecule has 2 aromatic heterocycles. The molecule has 3 nitrogen and oxygen atoms in total. The first-order valence-corrected chi connectivity index (χ1v) is 21.0. The van der Waals surface area contributed by atoms with Crippen LogP contribution in [0.4, 0.5) is 5.69 Å². The third kappa shape index (κ3) is 6.59. The number of aryl methyl sites for hydroxylation is 1. The lowest BCUT2D eigenvalue weighted by molar-refractivity contribution is 0.805. The smallest absolute Gasteiger partial charge is 0.0543 e. The fraction of sp³-hybridized carbons (Fsp3) is 0.0877. The number of hydrogen-bond donors (Lipinski definition) is 1. The van der Waals surface area contributed by atoms with E-state index in [0.717, 1.165) is 23.5 Å². The van der Waals surface area contributed by atoms with Gasteiger partial charge in [-0.2, -0.15) is 0 Å². The molecule has 2 heterocycles. The second kappa shape index (κ2) is 15.8. The van der Waals surface area contributed by atoms with E-state index >= 15 is 0 Å². The van der Waals surface area contributed by atoms with Gasteiger partial charge in [0.1, 0.15) is 0 Å². The molecule has 0 saturated heterocycles. The quantitative estimate of drug-likeness (QED) is 0.147. The van der Waals surface area contributed by atoms with E-state index in [9.17, 15) is 0 Å². The Bertz CT molecular complexity index is 3150. The molecule has 10 rings (SSSR count). The number of benzene rings is 8.